The van der Waals surface area contributed by atoms with Gasteiger partial charge in [-0.05, 0) is 128 Å². The first-order valence-corrected chi connectivity index (χ1v) is 14.5. The second-order valence-corrected chi connectivity index (χ2v) is 11.5. The maximum atomic E-state index is 2.86. The van der Waals surface area contributed by atoms with E-state index in [1.165, 1.54) is 66.2 Å². The fourth-order valence-electron chi connectivity index (χ4n) is 6.55. The van der Waals surface area contributed by atoms with Crippen LogP contribution >= 0.6 is 11.3 Å². The zero-order valence-electron chi connectivity index (χ0n) is 22.1. The van der Waals surface area contributed by atoms with Gasteiger partial charge in [-0.1, -0.05) is 49.4 Å². The van der Waals surface area contributed by atoms with Gasteiger partial charge >= 0.3 is 0 Å². The molecule has 0 fully saturated rings. The number of aromatic amines is 1. The molecule has 0 radical (unpaired) electrons. The fourth-order valence-corrected chi connectivity index (χ4v) is 7.66. The number of hydrogen-bond donors (Lipinski definition) is 1. The molecule has 0 saturated carbocycles. The molecule has 1 N–H and O–H groups in total. The van der Waals surface area contributed by atoms with Crippen molar-refractivity contribution in [2.45, 2.75) is 69.7 Å². The zero-order valence-corrected chi connectivity index (χ0v) is 22.9. The quantitative estimate of drug-likeness (QED) is 0.282. The van der Waals surface area contributed by atoms with Crippen LogP contribution in [0.3, 0.4) is 0 Å². The summed E-state index contributed by atoms with van der Waals surface area (Å²) in [5.41, 5.74) is 6.45. The van der Waals surface area contributed by atoms with Crippen LogP contribution in [0.1, 0.15) is 78.5 Å². The van der Waals surface area contributed by atoms with E-state index >= 15 is 0 Å². The first-order valence-electron chi connectivity index (χ1n) is 13.7. The number of H-pyrrole nitrogens is 1. The highest BCUT2D eigenvalue weighted by molar-refractivity contribution is 7.10. The summed E-state index contributed by atoms with van der Waals surface area (Å²) in [4.78, 5) is 6.86. The number of rotatable bonds is 6. The Balaban J connectivity index is 0.000000477. The standard InChI is InChI=1S/C29H35NS.C4H5N/c1-4-29(30(2)3,28-13-8-20-31-28)19-18-22-10-7-12-25-24(22)16-17-26-23-11-6-5-9-21(23)14-15-27(25)26;1-2-4-5-3-1/h5,8-9,13-17,20,22H,4,6-7,10-12,18-19H2,1-3H3;1-5H. The third kappa shape index (κ3) is 4.84. The van der Waals surface area contributed by atoms with E-state index in [0.717, 1.165) is 6.42 Å². The second-order valence-electron chi connectivity index (χ2n) is 10.6. The molecule has 2 aliphatic carbocycles. The summed E-state index contributed by atoms with van der Waals surface area (Å²) < 4.78 is 0. The van der Waals surface area contributed by atoms with Crippen molar-refractivity contribution in [3.05, 3.63) is 99.5 Å². The van der Waals surface area contributed by atoms with Crippen LogP contribution in [0, 0.1) is 0 Å². The Morgan fingerprint density at radius 1 is 0.972 bits per heavy atom. The van der Waals surface area contributed by atoms with Gasteiger partial charge in [0.15, 0.2) is 0 Å². The predicted octanol–water partition coefficient (Wildman–Crippen LogP) is 8.94. The minimum Gasteiger partial charge on any atom is -0.368 e. The molecule has 0 spiro atoms. The minimum atomic E-state index is 0.161. The monoisotopic (exact) mass is 496 g/mol. The third-order valence-electron chi connectivity index (χ3n) is 8.60. The first-order chi connectivity index (χ1) is 17.6. The molecule has 2 aromatic heterocycles. The summed E-state index contributed by atoms with van der Waals surface area (Å²) in [7, 11) is 4.53. The number of fused-ring (bicyclic) bond motifs is 5. The maximum Gasteiger partial charge on any atom is 0.0546 e. The SMILES string of the molecule is CCC(CCC1CCCc2c1ccc1c3c(ccc21)C=CCC3)(c1cccs1)N(C)C.c1cc[nH]c1. The summed E-state index contributed by atoms with van der Waals surface area (Å²) in [6.45, 7) is 2.36. The summed E-state index contributed by atoms with van der Waals surface area (Å²) in [6.07, 6.45) is 18.3. The van der Waals surface area contributed by atoms with E-state index < -0.39 is 0 Å². The van der Waals surface area contributed by atoms with Gasteiger partial charge in [0.2, 0.25) is 0 Å². The van der Waals surface area contributed by atoms with E-state index in [0.29, 0.717) is 5.92 Å². The van der Waals surface area contributed by atoms with E-state index in [2.05, 4.69) is 84.8 Å². The summed E-state index contributed by atoms with van der Waals surface area (Å²) in [5, 5.41) is 5.28. The largest absolute Gasteiger partial charge is 0.368 e. The molecule has 2 aliphatic rings. The molecule has 4 aromatic rings. The van der Waals surface area contributed by atoms with Crippen molar-refractivity contribution in [3.63, 3.8) is 0 Å². The van der Waals surface area contributed by atoms with Gasteiger partial charge in [-0.3, -0.25) is 4.90 Å². The number of aryl methyl sites for hydroxylation is 2. The number of thiophene rings is 1. The molecule has 2 heterocycles. The van der Waals surface area contributed by atoms with Crippen LogP contribution in [0.4, 0.5) is 0 Å². The molecule has 36 heavy (non-hydrogen) atoms. The lowest BCUT2D eigenvalue weighted by Gasteiger charge is -2.40. The number of benzene rings is 2. The molecule has 6 rings (SSSR count). The molecule has 2 unspecified atom stereocenters. The lowest BCUT2D eigenvalue weighted by molar-refractivity contribution is 0.129. The molecule has 0 bridgehead atoms. The molecular formula is C33H40N2S. The Morgan fingerprint density at radius 2 is 1.78 bits per heavy atom. The van der Waals surface area contributed by atoms with Crippen LogP contribution < -0.4 is 0 Å². The normalized spacial score (nSPS) is 18.3. The van der Waals surface area contributed by atoms with Crippen molar-refractivity contribution in [2.24, 2.45) is 0 Å². The molecule has 2 nitrogen and oxygen atoms in total. The van der Waals surface area contributed by atoms with Gasteiger partial charge in [0.25, 0.3) is 0 Å². The molecule has 3 heteroatoms. The molecule has 188 valence electrons. The van der Waals surface area contributed by atoms with Crippen LogP contribution in [0.5, 0.6) is 0 Å². The summed E-state index contributed by atoms with van der Waals surface area (Å²) in [6, 6.07) is 18.2. The molecule has 2 aromatic carbocycles. The van der Waals surface area contributed by atoms with Crippen molar-refractivity contribution in [2.75, 3.05) is 14.1 Å². The highest BCUT2D eigenvalue weighted by atomic mass is 32.1. The van der Waals surface area contributed by atoms with E-state index in [9.17, 15) is 0 Å². The van der Waals surface area contributed by atoms with Crippen molar-refractivity contribution < 1.29 is 0 Å². The Bertz CT molecular complexity index is 1270. The van der Waals surface area contributed by atoms with E-state index in [4.69, 9.17) is 0 Å². The van der Waals surface area contributed by atoms with E-state index in [1.807, 2.05) is 35.9 Å². The average molecular weight is 497 g/mol. The van der Waals surface area contributed by atoms with Gasteiger partial charge in [-0.25, -0.2) is 0 Å². The average Bonchev–Trinajstić information content (AvgIpc) is 3.67. The number of nitrogens with zero attached hydrogens (tertiary/aromatic N) is 1. The van der Waals surface area contributed by atoms with Crippen LogP contribution in [0.25, 0.3) is 16.8 Å². The Hall–Kier alpha value is -2.62. The van der Waals surface area contributed by atoms with E-state index in [1.54, 1.807) is 16.7 Å². The molecule has 0 saturated heterocycles. The minimum absolute atomic E-state index is 0.161. The Labute approximate surface area is 221 Å². The molecule has 0 amide bonds. The number of nitrogens with one attached hydrogen (secondary N) is 1. The van der Waals surface area contributed by atoms with Gasteiger partial charge in [-0.15, -0.1) is 11.3 Å². The second kappa shape index (κ2) is 11.2. The predicted molar refractivity (Wildman–Crippen MR) is 157 cm³/mol. The molecule has 2 atom stereocenters. The third-order valence-corrected chi connectivity index (χ3v) is 9.66. The summed E-state index contributed by atoms with van der Waals surface area (Å²) >= 11 is 1.92. The maximum absolute atomic E-state index is 2.86. The van der Waals surface area contributed by atoms with Gasteiger partial charge < -0.3 is 4.98 Å². The van der Waals surface area contributed by atoms with Crippen LogP contribution in [0.2, 0.25) is 0 Å². The summed E-state index contributed by atoms with van der Waals surface area (Å²) in [5.74, 6) is 0.690. The van der Waals surface area contributed by atoms with Crippen molar-refractivity contribution in [1.82, 2.24) is 9.88 Å². The van der Waals surface area contributed by atoms with Gasteiger partial charge in [0.1, 0.15) is 0 Å². The van der Waals surface area contributed by atoms with Crippen LogP contribution in [-0.4, -0.2) is 24.0 Å². The number of allylic oxidation sites excluding steroid dienone is 1. The fraction of sp³-hybridized carbons (Fsp3) is 0.394. The molecular weight excluding hydrogens is 456 g/mol. The lowest BCUT2D eigenvalue weighted by atomic mass is 9.75. The van der Waals surface area contributed by atoms with Crippen LogP contribution in [-0.2, 0) is 18.4 Å². The Kier molecular flexibility index (Phi) is 7.79. The van der Waals surface area contributed by atoms with Gasteiger partial charge in [0.05, 0.1) is 5.54 Å². The van der Waals surface area contributed by atoms with E-state index in [-0.39, 0.29) is 5.54 Å². The van der Waals surface area contributed by atoms with Crippen molar-refractivity contribution in [3.8, 4) is 0 Å². The highest BCUT2D eigenvalue weighted by Gasteiger charge is 2.35. The van der Waals surface area contributed by atoms with Crippen molar-refractivity contribution >= 4 is 28.2 Å². The number of hydrogen-bond acceptors (Lipinski definition) is 2. The smallest absolute Gasteiger partial charge is 0.0546 e. The highest BCUT2D eigenvalue weighted by Crippen LogP contribution is 2.44. The van der Waals surface area contributed by atoms with Gasteiger partial charge in [0, 0.05) is 17.3 Å². The van der Waals surface area contributed by atoms with Crippen molar-refractivity contribution in [1.29, 1.82) is 0 Å². The topological polar surface area (TPSA) is 19.0 Å². The van der Waals surface area contributed by atoms with Crippen LogP contribution in [0.15, 0.2) is 72.4 Å². The van der Waals surface area contributed by atoms with Gasteiger partial charge in [-0.2, -0.15) is 0 Å². The zero-order chi connectivity index (χ0) is 25.0. The lowest BCUT2D eigenvalue weighted by Crippen LogP contribution is -2.40. The Morgan fingerprint density at radius 3 is 2.47 bits per heavy atom. The first kappa shape index (κ1) is 25.0. The number of aromatic nitrogens is 1. The molecule has 0 aliphatic heterocycles.